The van der Waals surface area contributed by atoms with Crippen molar-refractivity contribution in [1.82, 2.24) is 0 Å². The molecular weight excluding hydrogens is 364 g/mol. The van der Waals surface area contributed by atoms with Gasteiger partial charge in [0.15, 0.2) is 0 Å². The maximum absolute atomic E-state index is 3.79. The Bertz CT molecular complexity index is 705. The zero-order valence-electron chi connectivity index (χ0n) is 10.2. The molecule has 0 spiro atoms. The first-order valence-corrected chi connectivity index (χ1v) is 7.83. The largest absolute Gasteiger partial charge is 0.0786 e. The maximum atomic E-state index is 3.79. The predicted octanol–water partition coefficient (Wildman–Crippen LogP) is 6.09. The van der Waals surface area contributed by atoms with Gasteiger partial charge >= 0.3 is 0 Å². The Balaban J connectivity index is 2.04. The summed E-state index contributed by atoms with van der Waals surface area (Å²) >= 11 is 7.29. The molecule has 0 fully saturated rings. The van der Waals surface area contributed by atoms with Gasteiger partial charge in [0, 0.05) is 4.47 Å². The maximum Gasteiger partial charge on any atom is 0.0644 e. The standard InChI is InChI=1S/C17H12Br2/c18-16-9-8-13-10-15(7-6-14(13)11-16)17(19)12-4-2-1-3-5-12/h1-11,17H. The van der Waals surface area contributed by atoms with Crippen LogP contribution in [0, 0.1) is 0 Å². The van der Waals surface area contributed by atoms with E-state index in [4.69, 9.17) is 0 Å². The van der Waals surface area contributed by atoms with Gasteiger partial charge in [0.2, 0.25) is 0 Å². The van der Waals surface area contributed by atoms with Crippen LogP contribution in [0.15, 0.2) is 71.2 Å². The summed E-state index contributed by atoms with van der Waals surface area (Å²) in [4.78, 5) is 0.238. The third-order valence-electron chi connectivity index (χ3n) is 3.21. The van der Waals surface area contributed by atoms with Crippen LogP contribution in [0.25, 0.3) is 10.8 Å². The third-order valence-corrected chi connectivity index (χ3v) is 4.76. The summed E-state index contributed by atoms with van der Waals surface area (Å²) in [6.07, 6.45) is 0. The van der Waals surface area contributed by atoms with Crippen molar-refractivity contribution in [3.05, 3.63) is 82.3 Å². The van der Waals surface area contributed by atoms with Crippen LogP contribution >= 0.6 is 31.9 Å². The zero-order chi connectivity index (χ0) is 13.2. The molecule has 0 saturated carbocycles. The van der Waals surface area contributed by atoms with Gasteiger partial charge in [-0.1, -0.05) is 80.4 Å². The molecule has 0 aliphatic rings. The van der Waals surface area contributed by atoms with Crippen molar-refractivity contribution in [1.29, 1.82) is 0 Å². The number of alkyl halides is 1. The molecule has 0 saturated heterocycles. The van der Waals surface area contributed by atoms with Crippen LogP contribution in [-0.2, 0) is 0 Å². The fraction of sp³-hybridized carbons (Fsp3) is 0.0588. The summed E-state index contributed by atoms with van der Waals surface area (Å²) in [6, 6.07) is 23.4. The lowest BCUT2D eigenvalue weighted by molar-refractivity contribution is 1.18. The first-order chi connectivity index (χ1) is 9.24. The summed E-state index contributed by atoms with van der Waals surface area (Å²) in [7, 11) is 0. The molecule has 0 aliphatic heterocycles. The van der Waals surface area contributed by atoms with E-state index in [-0.39, 0.29) is 4.83 Å². The SMILES string of the molecule is Brc1ccc2cc(C(Br)c3ccccc3)ccc2c1. The van der Waals surface area contributed by atoms with Crippen LogP contribution in [0.5, 0.6) is 0 Å². The smallest absolute Gasteiger partial charge is 0.0644 e. The van der Waals surface area contributed by atoms with Crippen molar-refractivity contribution in [3.63, 3.8) is 0 Å². The number of fused-ring (bicyclic) bond motifs is 1. The molecule has 0 heterocycles. The minimum atomic E-state index is 0.238. The van der Waals surface area contributed by atoms with Crippen molar-refractivity contribution >= 4 is 42.6 Å². The van der Waals surface area contributed by atoms with Crippen molar-refractivity contribution in [3.8, 4) is 0 Å². The number of halogens is 2. The molecule has 3 aromatic rings. The van der Waals surface area contributed by atoms with Crippen molar-refractivity contribution < 1.29 is 0 Å². The Morgan fingerprint density at radius 1 is 0.684 bits per heavy atom. The average molecular weight is 376 g/mol. The predicted molar refractivity (Wildman–Crippen MR) is 88.9 cm³/mol. The summed E-state index contributed by atoms with van der Waals surface area (Å²) < 4.78 is 1.12. The van der Waals surface area contributed by atoms with Gasteiger partial charge in [-0.25, -0.2) is 0 Å². The van der Waals surface area contributed by atoms with Gasteiger partial charge in [0.1, 0.15) is 0 Å². The van der Waals surface area contributed by atoms with Crippen LogP contribution in [0.4, 0.5) is 0 Å². The Labute approximate surface area is 129 Å². The summed E-state index contributed by atoms with van der Waals surface area (Å²) in [6.45, 7) is 0. The molecule has 3 rings (SSSR count). The van der Waals surface area contributed by atoms with Gasteiger partial charge in [0.05, 0.1) is 4.83 Å². The van der Waals surface area contributed by atoms with Gasteiger partial charge in [-0.2, -0.15) is 0 Å². The first kappa shape index (κ1) is 12.9. The fourth-order valence-electron chi connectivity index (χ4n) is 2.21. The van der Waals surface area contributed by atoms with Crippen LogP contribution in [0.2, 0.25) is 0 Å². The van der Waals surface area contributed by atoms with E-state index in [1.54, 1.807) is 0 Å². The highest BCUT2D eigenvalue weighted by Gasteiger charge is 2.10. The molecule has 0 N–H and O–H groups in total. The molecular formula is C17H12Br2. The van der Waals surface area contributed by atoms with Crippen LogP contribution < -0.4 is 0 Å². The van der Waals surface area contributed by atoms with Crippen molar-refractivity contribution in [2.75, 3.05) is 0 Å². The topological polar surface area (TPSA) is 0 Å². The van der Waals surface area contributed by atoms with E-state index in [0.29, 0.717) is 0 Å². The Hall–Kier alpha value is -1.12. The van der Waals surface area contributed by atoms with Crippen LogP contribution in [0.1, 0.15) is 16.0 Å². The molecule has 0 bridgehead atoms. The second-order valence-corrected chi connectivity index (χ2v) is 6.36. The second-order valence-electron chi connectivity index (χ2n) is 4.52. The molecule has 0 aliphatic carbocycles. The molecule has 3 aromatic carbocycles. The highest BCUT2D eigenvalue weighted by Crippen LogP contribution is 2.32. The summed E-state index contributed by atoms with van der Waals surface area (Å²) in [5, 5.41) is 2.52. The minimum absolute atomic E-state index is 0.238. The summed E-state index contributed by atoms with van der Waals surface area (Å²) in [5.74, 6) is 0. The van der Waals surface area contributed by atoms with Gasteiger partial charge in [-0.15, -0.1) is 0 Å². The molecule has 94 valence electrons. The van der Waals surface area contributed by atoms with Gasteiger partial charge in [0.25, 0.3) is 0 Å². The number of benzene rings is 3. The molecule has 2 heteroatoms. The average Bonchev–Trinajstić information content (AvgIpc) is 2.47. The Morgan fingerprint density at radius 2 is 1.37 bits per heavy atom. The lowest BCUT2D eigenvalue weighted by Gasteiger charge is -2.11. The van der Waals surface area contributed by atoms with Crippen LogP contribution in [0.3, 0.4) is 0 Å². The van der Waals surface area contributed by atoms with Crippen molar-refractivity contribution in [2.45, 2.75) is 4.83 Å². The third kappa shape index (κ3) is 2.75. The van der Waals surface area contributed by atoms with Crippen LogP contribution in [-0.4, -0.2) is 0 Å². The molecule has 0 radical (unpaired) electrons. The summed E-state index contributed by atoms with van der Waals surface area (Å²) in [5.41, 5.74) is 2.56. The quantitative estimate of drug-likeness (QED) is 0.475. The molecule has 0 aromatic heterocycles. The lowest BCUT2D eigenvalue weighted by atomic mass is 10.0. The Kier molecular flexibility index (Phi) is 3.72. The van der Waals surface area contributed by atoms with Gasteiger partial charge in [-0.05, 0) is 40.1 Å². The zero-order valence-corrected chi connectivity index (χ0v) is 13.4. The van der Waals surface area contributed by atoms with E-state index < -0.39 is 0 Å². The Morgan fingerprint density at radius 3 is 2.16 bits per heavy atom. The van der Waals surface area contributed by atoms with Gasteiger partial charge < -0.3 is 0 Å². The van der Waals surface area contributed by atoms with E-state index in [9.17, 15) is 0 Å². The molecule has 1 atom stereocenters. The number of rotatable bonds is 2. The van der Waals surface area contributed by atoms with E-state index in [0.717, 1.165) is 4.47 Å². The van der Waals surface area contributed by atoms with Crippen molar-refractivity contribution in [2.24, 2.45) is 0 Å². The van der Waals surface area contributed by atoms with E-state index in [2.05, 4.69) is 92.5 Å². The normalized spacial score (nSPS) is 12.5. The van der Waals surface area contributed by atoms with E-state index in [1.165, 1.54) is 21.9 Å². The highest BCUT2D eigenvalue weighted by molar-refractivity contribution is 9.10. The molecule has 1 unspecified atom stereocenters. The molecule has 19 heavy (non-hydrogen) atoms. The van der Waals surface area contributed by atoms with Gasteiger partial charge in [-0.3, -0.25) is 0 Å². The second kappa shape index (κ2) is 5.48. The fourth-order valence-corrected chi connectivity index (χ4v) is 3.18. The monoisotopic (exact) mass is 374 g/mol. The van der Waals surface area contributed by atoms with E-state index >= 15 is 0 Å². The lowest BCUT2D eigenvalue weighted by Crippen LogP contribution is -1.92. The highest BCUT2D eigenvalue weighted by atomic mass is 79.9. The minimum Gasteiger partial charge on any atom is -0.0786 e. The molecule has 0 amide bonds. The van der Waals surface area contributed by atoms with E-state index in [1.807, 2.05) is 6.07 Å². The number of hydrogen-bond acceptors (Lipinski definition) is 0. The molecule has 0 nitrogen and oxygen atoms in total. The first-order valence-electron chi connectivity index (χ1n) is 6.12. The number of hydrogen-bond donors (Lipinski definition) is 0.